The number of carbonyl (C=O) groups excluding carboxylic acids is 1. The third-order valence-corrected chi connectivity index (χ3v) is 3.75. The predicted octanol–water partition coefficient (Wildman–Crippen LogP) is 4.37. The summed E-state index contributed by atoms with van der Waals surface area (Å²) in [5, 5.41) is 11.5. The lowest BCUT2D eigenvalue weighted by molar-refractivity contribution is -0.111. The van der Waals surface area contributed by atoms with Gasteiger partial charge in [0.2, 0.25) is 5.91 Å². The number of hydrogen-bond donors (Lipinski definition) is 1. The largest absolute Gasteiger partial charge is 0.493 e. The van der Waals surface area contributed by atoms with Gasteiger partial charge in [0.05, 0.1) is 7.11 Å². The SMILES string of the molecule is COc1cc(/C=C/C(=O)Nc2ccccc2C(C)C)ccc1OCC#N. The summed E-state index contributed by atoms with van der Waals surface area (Å²) in [5.74, 6) is 1.11. The minimum atomic E-state index is -0.207. The summed E-state index contributed by atoms with van der Waals surface area (Å²) in [7, 11) is 1.53. The van der Waals surface area contributed by atoms with Crippen LogP contribution in [0, 0.1) is 11.3 Å². The highest BCUT2D eigenvalue weighted by atomic mass is 16.5. The molecule has 2 aromatic rings. The van der Waals surface area contributed by atoms with Crippen molar-refractivity contribution in [2.75, 3.05) is 19.0 Å². The average Bonchev–Trinajstić information content (AvgIpc) is 2.65. The molecular weight excluding hydrogens is 328 g/mol. The van der Waals surface area contributed by atoms with Gasteiger partial charge in [0.1, 0.15) is 6.07 Å². The first-order chi connectivity index (χ1) is 12.5. The molecule has 26 heavy (non-hydrogen) atoms. The number of nitrogens with zero attached hydrogens (tertiary/aromatic N) is 1. The summed E-state index contributed by atoms with van der Waals surface area (Å²) in [6.07, 6.45) is 3.17. The quantitative estimate of drug-likeness (QED) is 0.753. The van der Waals surface area contributed by atoms with Crippen LogP contribution in [-0.2, 0) is 4.79 Å². The van der Waals surface area contributed by atoms with Crippen LogP contribution in [-0.4, -0.2) is 19.6 Å². The van der Waals surface area contributed by atoms with Crippen LogP contribution in [0.25, 0.3) is 6.08 Å². The van der Waals surface area contributed by atoms with Crippen molar-refractivity contribution in [3.05, 3.63) is 59.7 Å². The van der Waals surface area contributed by atoms with Gasteiger partial charge in [-0.05, 0) is 41.3 Å². The minimum absolute atomic E-state index is 0.0524. The number of nitriles is 1. The molecular formula is C21H22N2O3. The molecule has 0 aliphatic heterocycles. The van der Waals surface area contributed by atoms with E-state index in [4.69, 9.17) is 14.7 Å². The van der Waals surface area contributed by atoms with E-state index in [1.807, 2.05) is 30.3 Å². The normalized spacial score (nSPS) is 10.6. The molecule has 0 saturated carbocycles. The number of ether oxygens (including phenoxy) is 2. The zero-order valence-corrected chi connectivity index (χ0v) is 15.2. The molecule has 2 rings (SSSR count). The van der Waals surface area contributed by atoms with Gasteiger partial charge in [0, 0.05) is 11.8 Å². The second-order valence-corrected chi connectivity index (χ2v) is 5.92. The molecule has 5 nitrogen and oxygen atoms in total. The van der Waals surface area contributed by atoms with E-state index in [0.29, 0.717) is 17.4 Å². The highest BCUT2D eigenvalue weighted by Crippen LogP contribution is 2.28. The molecule has 2 aromatic carbocycles. The first-order valence-electron chi connectivity index (χ1n) is 8.31. The molecule has 0 fully saturated rings. The fraction of sp³-hybridized carbons (Fsp3) is 0.238. The Hall–Kier alpha value is -3.26. The number of nitrogens with one attached hydrogen (secondary N) is 1. The summed E-state index contributed by atoms with van der Waals surface area (Å²) in [4.78, 5) is 12.2. The molecule has 0 atom stereocenters. The van der Waals surface area contributed by atoms with Crippen molar-refractivity contribution in [3.8, 4) is 17.6 Å². The first kappa shape index (κ1) is 19.1. The van der Waals surface area contributed by atoms with Gasteiger partial charge in [-0.3, -0.25) is 4.79 Å². The molecule has 0 saturated heterocycles. The van der Waals surface area contributed by atoms with Gasteiger partial charge in [-0.15, -0.1) is 0 Å². The molecule has 0 aliphatic rings. The number of rotatable bonds is 7. The lowest BCUT2D eigenvalue weighted by Gasteiger charge is -2.12. The van der Waals surface area contributed by atoms with E-state index in [0.717, 1.165) is 16.8 Å². The molecule has 5 heteroatoms. The van der Waals surface area contributed by atoms with Crippen molar-refractivity contribution in [2.24, 2.45) is 0 Å². The van der Waals surface area contributed by atoms with Crippen LogP contribution in [0.1, 0.15) is 30.9 Å². The Kier molecular flexibility index (Phi) is 6.81. The smallest absolute Gasteiger partial charge is 0.248 e. The van der Waals surface area contributed by atoms with Crippen molar-refractivity contribution < 1.29 is 14.3 Å². The topological polar surface area (TPSA) is 71.3 Å². The Morgan fingerprint density at radius 2 is 2.00 bits per heavy atom. The molecule has 0 aromatic heterocycles. The van der Waals surface area contributed by atoms with Crippen molar-refractivity contribution in [1.29, 1.82) is 5.26 Å². The number of hydrogen-bond acceptors (Lipinski definition) is 4. The highest BCUT2D eigenvalue weighted by molar-refractivity contribution is 6.02. The Morgan fingerprint density at radius 1 is 1.23 bits per heavy atom. The van der Waals surface area contributed by atoms with E-state index in [9.17, 15) is 4.79 Å². The number of methoxy groups -OCH3 is 1. The molecule has 0 aliphatic carbocycles. The lowest BCUT2D eigenvalue weighted by Crippen LogP contribution is -2.10. The standard InChI is InChI=1S/C21H22N2O3/c1-15(2)17-6-4-5-7-18(17)23-21(24)11-9-16-8-10-19(26-13-12-22)20(14-16)25-3/h4-11,14-15H,13H2,1-3H3,(H,23,24)/b11-9+. The van der Waals surface area contributed by atoms with Gasteiger partial charge in [-0.1, -0.05) is 38.1 Å². The van der Waals surface area contributed by atoms with Crippen molar-refractivity contribution >= 4 is 17.7 Å². The fourth-order valence-corrected chi connectivity index (χ4v) is 2.48. The minimum Gasteiger partial charge on any atom is -0.493 e. The van der Waals surface area contributed by atoms with Gasteiger partial charge >= 0.3 is 0 Å². The van der Waals surface area contributed by atoms with Crippen molar-refractivity contribution in [1.82, 2.24) is 0 Å². The van der Waals surface area contributed by atoms with Crippen molar-refractivity contribution in [2.45, 2.75) is 19.8 Å². The zero-order chi connectivity index (χ0) is 18.9. The fourth-order valence-electron chi connectivity index (χ4n) is 2.48. The summed E-state index contributed by atoms with van der Waals surface area (Å²) < 4.78 is 10.5. The van der Waals surface area contributed by atoms with Crippen molar-refractivity contribution in [3.63, 3.8) is 0 Å². The highest BCUT2D eigenvalue weighted by Gasteiger charge is 2.08. The van der Waals surface area contributed by atoms with E-state index in [1.165, 1.54) is 13.2 Å². The maximum Gasteiger partial charge on any atom is 0.248 e. The third-order valence-electron chi connectivity index (χ3n) is 3.75. The molecule has 134 valence electrons. The maximum atomic E-state index is 12.2. The van der Waals surface area contributed by atoms with Gasteiger partial charge in [-0.25, -0.2) is 0 Å². The third kappa shape index (κ3) is 5.12. The van der Waals surface area contributed by atoms with Gasteiger partial charge < -0.3 is 14.8 Å². The van der Waals surface area contributed by atoms with Crippen LogP contribution in [0.2, 0.25) is 0 Å². The van der Waals surface area contributed by atoms with Crippen LogP contribution in [0.3, 0.4) is 0 Å². The van der Waals surface area contributed by atoms with E-state index in [-0.39, 0.29) is 12.5 Å². The van der Waals surface area contributed by atoms with Crippen LogP contribution in [0.4, 0.5) is 5.69 Å². The van der Waals surface area contributed by atoms with Gasteiger partial charge in [0.25, 0.3) is 0 Å². The maximum absolute atomic E-state index is 12.2. The van der Waals surface area contributed by atoms with Crippen LogP contribution >= 0.6 is 0 Å². The molecule has 1 amide bonds. The Labute approximate surface area is 153 Å². The second-order valence-electron chi connectivity index (χ2n) is 5.92. The molecule has 0 radical (unpaired) electrons. The van der Waals surface area contributed by atoms with Crippen LogP contribution < -0.4 is 14.8 Å². The first-order valence-corrected chi connectivity index (χ1v) is 8.31. The van der Waals surface area contributed by atoms with Gasteiger partial charge in [-0.2, -0.15) is 5.26 Å². The number of benzene rings is 2. The van der Waals surface area contributed by atoms with E-state index in [1.54, 1.807) is 24.3 Å². The number of amides is 1. The Bertz CT molecular complexity index is 835. The van der Waals surface area contributed by atoms with E-state index in [2.05, 4.69) is 19.2 Å². The summed E-state index contributed by atoms with van der Waals surface area (Å²) in [6.45, 7) is 4.12. The van der Waals surface area contributed by atoms with Gasteiger partial charge in [0.15, 0.2) is 18.1 Å². The predicted molar refractivity (Wildman–Crippen MR) is 102 cm³/mol. The summed E-state index contributed by atoms with van der Waals surface area (Å²) in [5.41, 5.74) is 2.70. The number of carbonyl (C=O) groups is 1. The zero-order valence-electron chi connectivity index (χ0n) is 15.2. The average molecular weight is 350 g/mol. The number of para-hydroxylation sites is 1. The Morgan fingerprint density at radius 3 is 2.69 bits per heavy atom. The molecule has 1 N–H and O–H groups in total. The number of anilines is 1. The van der Waals surface area contributed by atoms with Crippen LogP contribution in [0.15, 0.2) is 48.5 Å². The summed E-state index contributed by atoms with van der Waals surface area (Å²) >= 11 is 0. The molecule has 0 heterocycles. The molecule has 0 unspecified atom stereocenters. The Balaban J connectivity index is 2.10. The summed E-state index contributed by atoms with van der Waals surface area (Å²) in [6, 6.07) is 14.9. The monoisotopic (exact) mass is 350 g/mol. The van der Waals surface area contributed by atoms with E-state index < -0.39 is 0 Å². The second kappa shape index (κ2) is 9.28. The van der Waals surface area contributed by atoms with Crippen LogP contribution in [0.5, 0.6) is 11.5 Å². The van der Waals surface area contributed by atoms with E-state index >= 15 is 0 Å². The molecule has 0 spiro atoms. The molecule has 0 bridgehead atoms. The lowest BCUT2D eigenvalue weighted by atomic mass is 10.0.